The van der Waals surface area contributed by atoms with Crippen LogP contribution in [0.4, 0.5) is 5.69 Å². The van der Waals surface area contributed by atoms with Crippen molar-refractivity contribution in [2.45, 2.75) is 6.92 Å². The van der Waals surface area contributed by atoms with Gasteiger partial charge in [0.15, 0.2) is 0 Å². The Kier molecular flexibility index (Phi) is 4.97. The SMILES string of the molecule is CC(CN)CNC(=O)c1ccc(N(C)C)cc1. The highest BCUT2D eigenvalue weighted by Gasteiger charge is 2.07. The Morgan fingerprint density at radius 1 is 1.35 bits per heavy atom. The van der Waals surface area contributed by atoms with Crippen molar-refractivity contribution in [2.75, 3.05) is 32.1 Å². The topological polar surface area (TPSA) is 58.4 Å². The third kappa shape index (κ3) is 4.07. The highest BCUT2D eigenvalue weighted by molar-refractivity contribution is 5.94. The number of hydrogen-bond acceptors (Lipinski definition) is 3. The lowest BCUT2D eigenvalue weighted by atomic mass is 10.1. The standard InChI is InChI=1S/C13H21N3O/c1-10(8-14)9-15-13(17)11-4-6-12(7-5-11)16(2)3/h4-7,10H,8-9,14H2,1-3H3,(H,15,17). The molecular formula is C13H21N3O. The van der Waals surface area contributed by atoms with Crippen molar-refractivity contribution >= 4 is 11.6 Å². The van der Waals surface area contributed by atoms with Crippen LogP contribution in [0.1, 0.15) is 17.3 Å². The Labute approximate surface area is 103 Å². The summed E-state index contributed by atoms with van der Waals surface area (Å²) in [5.74, 6) is 0.260. The van der Waals surface area contributed by atoms with Crippen LogP contribution in [0.15, 0.2) is 24.3 Å². The molecule has 1 atom stereocenters. The molecule has 0 aliphatic heterocycles. The van der Waals surface area contributed by atoms with E-state index >= 15 is 0 Å². The predicted molar refractivity (Wildman–Crippen MR) is 71.3 cm³/mol. The largest absolute Gasteiger partial charge is 0.378 e. The van der Waals surface area contributed by atoms with Crippen LogP contribution in [0.25, 0.3) is 0 Å². The number of nitrogens with one attached hydrogen (secondary N) is 1. The van der Waals surface area contributed by atoms with Crippen molar-refractivity contribution in [1.29, 1.82) is 0 Å². The molecule has 0 heterocycles. The smallest absolute Gasteiger partial charge is 0.251 e. The molecule has 0 spiro atoms. The van der Waals surface area contributed by atoms with E-state index in [1.165, 1.54) is 0 Å². The minimum Gasteiger partial charge on any atom is -0.378 e. The van der Waals surface area contributed by atoms with E-state index in [1.807, 2.05) is 50.2 Å². The van der Waals surface area contributed by atoms with Gasteiger partial charge in [0.2, 0.25) is 0 Å². The summed E-state index contributed by atoms with van der Waals surface area (Å²) in [5, 5.41) is 2.87. The molecule has 1 aromatic rings. The molecule has 0 aromatic heterocycles. The van der Waals surface area contributed by atoms with Crippen molar-refractivity contribution in [3.8, 4) is 0 Å². The van der Waals surface area contributed by atoms with Crippen molar-refractivity contribution in [3.63, 3.8) is 0 Å². The van der Waals surface area contributed by atoms with Gasteiger partial charge in [-0.15, -0.1) is 0 Å². The van der Waals surface area contributed by atoms with Crippen LogP contribution in [-0.4, -0.2) is 33.1 Å². The summed E-state index contributed by atoms with van der Waals surface area (Å²) in [6.45, 7) is 3.21. The van der Waals surface area contributed by atoms with Crippen molar-refractivity contribution < 1.29 is 4.79 Å². The maximum atomic E-state index is 11.8. The fourth-order valence-electron chi connectivity index (χ4n) is 1.36. The molecule has 4 heteroatoms. The zero-order valence-electron chi connectivity index (χ0n) is 10.7. The minimum absolute atomic E-state index is 0.0457. The first kappa shape index (κ1) is 13.5. The van der Waals surface area contributed by atoms with Crippen LogP contribution < -0.4 is 16.0 Å². The Morgan fingerprint density at radius 3 is 2.41 bits per heavy atom. The van der Waals surface area contributed by atoms with Crippen LogP contribution in [0.2, 0.25) is 0 Å². The quantitative estimate of drug-likeness (QED) is 0.803. The van der Waals surface area contributed by atoms with Crippen LogP contribution in [0, 0.1) is 5.92 Å². The van der Waals surface area contributed by atoms with Crippen molar-refractivity contribution in [2.24, 2.45) is 11.7 Å². The molecule has 1 unspecified atom stereocenters. The van der Waals surface area contributed by atoms with Gasteiger partial charge >= 0.3 is 0 Å². The monoisotopic (exact) mass is 235 g/mol. The summed E-state index contributed by atoms with van der Waals surface area (Å²) >= 11 is 0. The molecule has 94 valence electrons. The number of hydrogen-bond donors (Lipinski definition) is 2. The summed E-state index contributed by atoms with van der Waals surface area (Å²) in [4.78, 5) is 13.8. The number of anilines is 1. The van der Waals surface area contributed by atoms with Crippen molar-refractivity contribution in [3.05, 3.63) is 29.8 Å². The van der Waals surface area contributed by atoms with E-state index in [0.717, 1.165) is 5.69 Å². The Balaban J connectivity index is 2.58. The Morgan fingerprint density at radius 2 is 1.94 bits per heavy atom. The van der Waals surface area contributed by atoms with E-state index < -0.39 is 0 Å². The fourth-order valence-corrected chi connectivity index (χ4v) is 1.36. The molecule has 0 saturated heterocycles. The second kappa shape index (κ2) is 6.25. The van der Waals surface area contributed by atoms with Gasteiger partial charge in [0.1, 0.15) is 0 Å². The van der Waals surface area contributed by atoms with E-state index in [9.17, 15) is 4.79 Å². The lowest BCUT2D eigenvalue weighted by Crippen LogP contribution is -2.31. The van der Waals surface area contributed by atoms with E-state index in [0.29, 0.717) is 24.6 Å². The van der Waals surface area contributed by atoms with Gasteiger partial charge in [-0.3, -0.25) is 4.79 Å². The number of benzene rings is 1. The molecule has 1 aromatic carbocycles. The van der Waals surface area contributed by atoms with Gasteiger partial charge in [-0.05, 0) is 36.7 Å². The van der Waals surface area contributed by atoms with Gasteiger partial charge < -0.3 is 16.0 Å². The number of carbonyl (C=O) groups is 1. The maximum Gasteiger partial charge on any atom is 0.251 e. The van der Waals surface area contributed by atoms with Crippen LogP contribution in [0.5, 0.6) is 0 Å². The van der Waals surface area contributed by atoms with E-state index in [-0.39, 0.29) is 5.91 Å². The molecule has 0 aliphatic rings. The molecular weight excluding hydrogens is 214 g/mol. The number of rotatable bonds is 5. The van der Waals surface area contributed by atoms with E-state index in [1.54, 1.807) is 0 Å². The molecule has 1 amide bonds. The lowest BCUT2D eigenvalue weighted by molar-refractivity contribution is 0.0948. The summed E-state index contributed by atoms with van der Waals surface area (Å²) in [7, 11) is 3.94. The molecule has 0 radical (unpaired) electrons. The molecule has 0 bridgehead atoms. The Bertz CT molecular complexity index is 359. The van der Waals surface area contributed by atoms with Gasteiger partial charge in [-0.25, -0.2) is 0 Å². The van der Waals surface area contributed by atoms with Crippen LogP contribution in [0.3, 0.4) is 0 Å². The van der Waals surface area contributed by atoms with Gasteiger partial charge in [-0.2, -0.15) is 0 Å². The first-order chi connectivity index (χ1) is 8.04. The van der Waals surface area contributed by atoms with Crippen LogP contribution in [-0.2, 0) is 0 Å². The lowest BCUT2D eigenvalue weighted by Gasteiger charge is -2.13. The summed E-state index contributed by atoms with van der Waals surface area (Å²) < 4.78 is 0. The number of nitrogens with zero attached hydrogens (tertiary/aromatic N) is 1. The number of nitrogens with two attached hydrogens (primary N) is 1. The van der Waals surface area contributed by atoms with Gasteiger partial charge in [0.25, 0.3) is 5.91 Å². The molecule has 0 saturated carbocycles. The summed E-state index contributed by atoms with van der Waals surface area (Å²) in [6.07, 6.45) is 0. The summed E-state index contributed by atoms with van der Waals surface area (Å²) in [6, 6.07) is 7.53. The van der Waals surface area contributed by atoms with Gasteiger partial charge in [0, 0.05) is 31.9 Å². The maximum absolute atomic E-state index is 11.8. The number of amides is 1. The van der Waals surface area contributed by atoms with E-state index in [2.05, 4.69) is 5.32 Å². The predicted octanol–water partition coefficient (Wildman–Crippen LogP) is 1.08. The third-order valence-corrected chi connectivity index (χ3v) is 2.66. The first-order valence-electron chi connectivity index (χ1n) is 5.80. The van der Waals surface area contributed by atoms with Crippen LogP contribution >= 0.6 is 0 Å². The molecule has 4 nitrogen and oxygen atoms in total. The molecule has 0 fully saturated rings. The average molecular weight is 235 g/mol. The Hall–Kier alpha value is -1.55. The second-order valence-electron chi connectivity index (χ2n) is 4.49. The van der Waals surface area contributed by atoms with Crippen molar-refractivity contribution in [1.82, 2.24) is 5.32 Å². The molecule has 0 aliphatic carbocycles. The number of carbonyl (C=O) groups excluding carboxylic acids is 1. The highest BCUT2D eigenvalue weighted by Crippen LogP contribution is 2.12. The van der Waals surface area contributed by atoms with Gasteiger partial charge in [-0.1, -0.05) is 6.92 Å². The zero-order valence-corrected chi connectivity index (χ0v) is 10.7. The fraction of sp³-hybridized carbons (Fsp3) is 0.462. The first-order valence-corrected chi connectivity index (χ1v) is 5.80. The minimum atomic E-state index is -0.0457. The second-order valence-corrected chi connectivity index (χ2v) is 4.49. The third-order valence-electron chi connectivity index (χ3n) is 2.66. The average Bonchev–Trinajstić information content (AvgIpc) is 2.35. The molecule has 17 heavy (non-hydrogen) atoms. The van der Waals surface area contributed by atoms with E-state index in [4.69, 9.17) is 5.73 Å². The molecule has 3 N–H and O–H groups in total. The summed E-state index contributed by atoms with van der Waals surface area (Å²) in [5.41, 5.74) is 7.25. The highest BCUT2D eigenvalue weighted by atomic mass is 16.1. The van der Waals surface area contributed by atoms with Gasteiger partial charge in [0.05, 0.1) is 0 Å². The zero-order chi connectivity index (χ0) is 12.8. The normalized spacial score (nSPS) is 12.0. The molecule has 1 rings (SSSR count).